The Kier molecular flexibility index (Phi) is 5.87. The molecule has 0 bridgehead atoms. The fourth-order valence-electron chi connectivity index (χ4n) is 2.69. The fraction of sp³-hybridized carbons (Fsp3) is 0.412. The van der Waals surface area contributed by atoms with Crippen LogP contribution in [0.1, 0.15) is 48.5 Å². The molecule has 1 aromatic carbocycles. The Labute approximate surface area is 144 Å². The molecule has 8 heteroatoms. The molecule has 0 heterocycles. The first-order valence-electron chi connectivity index (χ1n) is 8.10. The standard InChI is InChI=1S/C17H20N2O6/c1-2-3-4-5-8-18-17(23)13-11-7-6-10(19(24)25)9-12(11)14(20)16(22)15(13)21/h6-7,9,16,21-22H,2-5,8H2,1H3,(H,18,23). The van der Waals surface area contributed by atoms with Gasteiger partial charge in [-0.15, -0.1) is 0 Å². The molecule has 0 saturated carbocycles. The number of benzene rings is 1. The lowest BCUT2D eigenvalue weighted by molar-refractivity contribution is -0.384. The van der Waals surface area contributed by atoms with Gasteiger partial charge in [0.25, 0.3) is 11.6 Å². The molecule has 1 aliphatic rings. The van der Waals surface area contributed by atoms with Gasteiger partial charge >= 0.3 is 0 Å². The summed E-state index contributed by atoms with van der Waals surface area (Å²) in [7, 11) is 0. The van der Waals surface area contributed by atoms with Crippen molar-refractivity contribution in [2.75, 3.05) is 6.54 Å². The number of nitrogens with one attached hydrogen (secondary N) is 1. The highest BCUT2D eigenvalue weighted by atomic mass is 16.6. The summed E-state index contributed by atoms with van der Waals surface area (Å²) in [5.74, 6) is -2.25. The topological polar surface area (TPSA) is 130 Å². The van der Waals surface area contributed by atoms with Gasteiger partial charge in [0, 0.05) is 29.8 Å². The van der Waals surface area contributed by atoms with Gasteiger partial charge < -0.3 is 15.5 Å². The van der Waals surface area contributed by atoms with Crippen LogP contribution in [0.2, 0.25) is 0 Å². The monoisotopic (exact) mass is 348 g/mol. The number of ketones is 1. The van der Waals surface area contributed by atoms with Crippen molar-refractivity contribution in [3.8, 4) is 0 Å². The zero-order valence-electron chi connectivity index (χ0n) is 13.8. The van der Waals surface area contributed by atoms with Crippen molar-refractivity contribution in [3.05, 3.63) is 45.2 Å². The third kappa shape index (κ3) is 3.85. The van der Waals surface area contributed by atoms with Crippen LogP contribution in [0.4, 0.5) is 5.69 Å². The fourth-order valence-corrected chi connectivity index (χ4v) is 2.69. The van der Waals surface area contributed by atoms with Gasteiger partial charge in [-0.1, -0.05) is 26.2 Å². The van der Waals surface area contributed by atoms with Crippen LogP contribution in [0.5, 0.6) is 0 Å². The molecule has 1 aliphatic carbocycles. The Hall–Kier alpha value is -2.74. The number of hydrogen-bond acceptors (Lipinski definition) is 6. The van der Waals surface area contributed by atoms with Gasteiger partial charge in [-0.25, -0.2) is 0 Å². The number of Topliss-reactive ketones (excluding diaryl/α,β-unsaturated/α-hetero) is 1. The predicted octanol–water partition coefficient (Wildman–Crippen LogP) is 2.12. The maximum Gasteiger partial charge on any atom is 0.270 e. The molecule has 8 nitrogen and oxygen atoms in total. The second-order valence-corrected chi connectivity index (χ2v) is 5.83. The van der Waals surface area contributed by atoms with Gasteiger partial charge in [0.05, 0.1) is 10.5 Å². The molecule has 2 rings (SSSR count). The number of aliphatic hydroxyl groups is 2. The lowest BCUT2D eigenvalue weighted by atomic mass is 9.86. The quantitative estimate of drug-likeness (QED) is 0.393. The molecule has 3 N–H and O–H groups in total. The smallest absolute Gasteiger partial charge is 0.270 e. The molecule has 25 heavy (non-hydrogen) atoms. The molecular formula is C17H20N2O6. The lowest BCUT2D eigenvalue weighted by Crippen LogP contribution is -2.34. The SMILES string of the molecule is CCCCCCNC(=O)C1=C(O)C(O)C(=O)c2cc([N+](=O)[O-])ccc21. The minimum atomic E-state index is -1.91. The van der Waals surface area contributed by atoms with Gasteiger partial charge in [-0.05, 0) is 12.5 Å². The van der Waals surface area contributed by atoms with E-state index in [0.29, 0.717) is 6.54 Å². The highest BCUT2D eigenvalue weighted by molar-refractivity contribution is 6.26. The second-order valence-electron chi connectivity index (χ2n) is 5.83. The van der Waals surface area contributed by atoms with Crippen LogP contribution in [0.25, 0.3) is 5.57 Å². The molecule has 0 spiro atoms. The largest absolute Gasteiger partial charge is 0.508 e. The van der Waals surface area contributed by atoms with E-state index >= 15 is 0 Å². The number of aliphatic hydroxyl groups excluding tert-OH is 2. The van der Waals surface area contributed by atoms with E-state index < -0.39 is 28.5 Å². The minimum absolute atomic E-state index is 0.0736. The highest BCUT2D eigenvalue weighted by Gasteiger charge is 2.36. The molecule has 1 unspecified atom stereocenters. The first-order valence-corrected chi connectivity index (χ1v) is 8.10. The van der Waals surface area contributed by atoms with Crippen LogP contribution in [-0.2, 0) is 4.79 Å². The molecule has 1 aromatic rings. The number of nitro groups is 1. The van der Waals surface area contributed by atoms with Crippen LogP contribution >= 0.6 is 0 Å². The summed E-state index contributed by atoms with van der Waals surface area (Å²) in [5.41, 5.74) is -0.646. The van der Waals surface area contributed by atoms with Gasteiger partial charge in [-0.3, -0.25) is 19.7 Å². The van der Waals surface area contributed by atoms with Crippen LogP contribution in [0.15, 0.2) is 24.0 Å². The molecule has 0 aromatic heterocycles. The normalized spacial score (nSPS) is 16.6. The van der Waals surface area contributed by atoms with Gasteiger partial charge in [0.15, 0.2) is 11.9 Å². The van der Waals surface area contributed by atoms with Crippen molar-refractivity contribution >= 4 is 23.0 Å². The zero-order chi connectivity index (χ0) is 18.6. The number of amides is 1. The minimum Gasteiger partial charge on any atom is -0.508 e. The number of unbranched alkanes of at least 4 members (excludes halogenated alkanes) is 3. The van der Waals surface area contributed by atoms with Crippen molar-refractivity contribution in [2.24, 2.45) is 0 Å². The molecule has 0 aliphatic heterocycles. The van der Waals surface area contributed by atoms with Crippen LogP contribution < -0.4 is 5.32 Å². The Bertz CT molecular complexity index is 741. The average molecular weight is 348 g/mol. The molecule has 0 radical (unpaired) electrons. The van der Waals surface area contributed by atoms with Crippen molar-refractivity contribution in [2.45, 2.75) is 38.7 Å². The summed E-state index contributed by atoms with van der Waals surface area (Å²) < 4.78 is 0. The van der Waals surface area contributed by atoms with Crippen molar-refractivity contribution in [1.29, 1.82) is 0 Å². The molecule has 0 saturated heterocycles. The maximum absolute atomic E-state index is 12.4. The number of carbonyl (C=O) groups excluding carboxylic acids is 2. The average Bonchev–Trinajstić information content (AvgIpc) is 2.59. The Morgan fingerprint density at radius 1 is 1.28 bits per heavy atom. The van der Waals surface area contributed by atoms with E-state index in [9.17, 15) is 29.9 Å². The zero-order valence-corrected chi connectivity index (χ0v) is 13.8. The maximum atomic E-state index is 12.4. The van der Waals surface area contributed by atoms with Crippen LogP contribution in [0.3, 0.4) is 0 Å². The molecule has 134 valence electrons. The van der Waals surface area contributed by atoms with E-state index in [1.807, 2.05) is 0 Å². The first-order chi connectivity index (χ1) is 11.9. The Morgan fingerprint density at radius 2 is 2.00 bits per heavy atom. The van der Waals surface area contributed by atoms with Gasteiger partial charge in [-0.2, -0.15) is 0 Å². The lowest BCUT2D eigenvalue weighted by Gasteiger charge is -2.22. The van der Waals surface area contributed by atoms with Crippen molar-refractivity contribution < 1.29 is 24.7 Å². The number of rotatable bonds is 7. The van der Waals surface area contributed by atoms with E-state index in [1.165, 1.54) is 6.07 Å². The molecule has 1 atom stereocenters. The number of fused-ring (bicyclic) bond motifs is 1. The molecular weight excluding hydrogens is 328 g/mol. The Balaban J connectivity index is 2.29. The number of carbonyl (C=O) groups is 2. The highest BCUT2D eigenvalue weighted by Crippen LogP contribution is 2.33. The van der Waals surface area contributed by atoms with E-state index in [1.54, 1.807) is 0 Å². The summed E-state index contributed by atoms with van der Waals surface area (Å²) in [4.78, 5) is 34.7. The number of non-ortho nitro benzene ring substituents is 1. The van der Waals surface area contributed by atoms with Gasteiger partial charge in [0.1, 0.15) is 5.76 Å². The summed E-state index contributed by atoms with van der Waals surface area (Å²) >= 11 is 0. The second kappa shape index (κ2) is 7.89. The van der Waals surface area contributed by atoms with E-state index in [0.717, 1.165) is 37.8 Å². The summed E-state index contributed by atoms with van der Waals surface area (Å²) in [6.45, 7) is 2.46. The number of nitrogens with zero attached hydrogens (tertiary/aromatic N) is 1. The van der Waals surface area contributed by atoms with Crippen molar-refractivity contribution in [1.82, 2.24) is 5.32 Å². The van der Waals surface area contributed by atoms with Crippen molar-refractivity contribution in [3.63, 3.8) is 0 Å². The van der Waals surface area contributed by atoms with E-state index in [-0.39, 0.29) is 22.4 Å². The Morgan fingerprint density at radius 3 is 2.64 bits per heavy atom. The summed E-state index contributed by atoms with van der Waals surface area (Å²) in [5, 5.41) is 33.5. The number of hydrogen-bond donors (Lipinski definition) is 3. The predicted molar refractivity (Wildman–Crippen MR) is 90.1 cm³/mol. The van der Waals surface area contributed by atoms with Crippen LogP contribution in [0, 0.1) is 10.1 Å². The number of nitro benzene ring substituents is 1. The van der Waals surface area contributed by atoms with E-state index in [2.05, 4.69) is 12.2 Å². The summed E-state index contributed by atoms with van der Waals surface area (Å²) in [6.07, 6.45) is 1.91. The third-order valence-corrected chi connectivity index (χ3v) is 4.06. The molecule has 1 amide bonds. The van der Waals surface area contributed by atoms with Crippen LogP contribution in [-0.4, -0.2) is 39.5 Å². The molecule has 0 fully saturated rings. The van der Waals surface area contributed by atoms with Gasteiger partial charge in [0.2, 0.25) is 0 Å². The summed E-state index contributed by atoms with van der Waals surface area (Å²) in [6, 6.07) is 3.38. The van der Waals surface area contributed by atoms with E-state index in [4.69, 9.17) is 0 Å². The first kappa shape index (κ1) is 18.6. The third-order valence-electron chi connectivity index (χ3n) is 4.06.